The largest absolute Gasteiger partial charge is 0.322 e. The van der Waals surface area contributed by atoms with Crippen LogP contribution in [0, 0.1) is 10.7 Å². The lowest BCUT2D eigenvalue weighted by Crippen LogP contribution is -2.21. The normalized spacial score (nSPS) is 25.6. The highest BCUT2D eigenvalue weighted by Gasteiger charge is 2.21. The molecule has 1 aliphatic carbocycles. The van der Waals surface area contributed by atoms with E-state index in [1.807, 2.05) is 6.20 Å². The number of H-pyrrole nitrogens is 1. The van der Waals surface area contributed by atoms with Crippen molar-refractivity contribution < 1.29 is 0 Å². The molecule has 1 aromatic rings. The van der Waals surface area contributed by atoms with Gasteiger partial charge in [0.1, 0.15) is 0 Å². The van der Waals surface area contributed by atoms with E-state index in [2.05, 4.69) is 16.5 Å². The Kier molecular flexibility index (Phi) is 3.59. The first-order valence-electron chi connectivity index (χ1n) is 6.02. The van der Waals surface area contributed by atoms with Crippen LogP contribution in [-0.2, 0) is 0 Å². The molecule has 0 spiro atoms. The summed E-state index contributed by atoms with van der Waals surface area (Å²) in [6.07, 6.45) is 8.05. The zero-order valence-corrected chi connectivity index (χ0v) is 10.4. The van der Waals surface area contributed by atoms with Crippen molar-refractivity contribution in [3.05, 3.63) is 27.4 Å². The maximum atomic E-state index is 11.1. The lowest BCUT2D eigenvalue weighted by molar-refractivity contribution is 0.257. The molecule has 2 unspecified atom stereocenters. The van der Waals surface area contributed by atoms with Gasteiger partial charge in [-0.2, -0.15) is 0 Å². The highest BCUT2D eigenvalue weighted by atomic mass is 32.1. The molecule has 1 saturated carbocycles. The minimum atomic E-state index is -0.107. The summed E-state index contributed by atoms with van der Waals surface area (Å²) in [7, 11) is 0. The van der Waals surface area contributed by atoms with Crippen molar-refractivity contribution in [1.82, 2.24) is 9.55 Å². The number of aromatic amines is 1. The Morgan fingerprint density at radius 2 is 2.38 bits per heavy atom. The van der Waals surface area contributed by atoms with E-state index in [1.54, 1.807) is 6.07 Å². The maximum Gasteiger partial charge on any atom is 0.251 e. The van der Waals surface area contributed by atoms with Gasteiger partial charge < -0.3 is 4.57 Å². The molecule has 0 amide bonds. The fourth-order valence-electron chi connectivity index (χ4n) is 2.60. The van der Waals surface area contributed by atoms with Crippen LogP contribution < -0.4 is 5.56 Å². The molecule has 0 radical (unpaired) electrons. The molecule has 3 nitrogen and oxygen atoms in total. The maximum absolute atomic E-state index is 11.1. The van der Waals surface area contributed by atoms with Crippen LogP contribution in [0.2, 0.25) is 0 Å². The Labute approximate surface area is 101 Å². The summed E-state index contributed by atoms with van der Waals surface area (Å²) in [4.78, 5) is 13.8. The van der Waals surface area contributed by atoms with Gasteiger partial charge >= 0.3 is 0 Å². The van der Waals surface area contributed by atoms with Gasteiger partial charge in [0.05, 0.1) is 0 Å². The first kappa shape index (κ1) is 11.6. The number of aromatic nitrogens is 2. The molecule has 1 heterocycles. The second kappa shape index (κ2) is 4.95. The van der Waals surface area contributed by atoms with Crippen LogP contribution >= 0.6 is 12.2 Å². The van der Waals surface area contributed by atoms with E-state index in [1.165, 1.54) is 32.1 Å². The standard InChI is InChI=1S/C12H18N2OS/c1-2-9-4-3-5-10(8-9)14-7-6-11(15)13-12(14)16/h6-7,9-10H,2-5,8H2,1H3,(H,13,15,16). The van der Waals surface area contributed by atoms with Crippen LogP contribution in [0.1, 0.15) is 45.1 Å². The fraction of sp³-hybridized carbons (Fsp3) is 0.667. The minimum Gasteiger partial charge on any atom is -0.322 e. The van der Waals surface area contributed by atoms with E-state index in [4.69, 9.17) is 12.2 Å². The molecule has 1 N–H and O–H groups in total. The van der Waals surface area contributed by atoms with E-state index in [0.717, 1.165) is 5.92 Å². The van der Waals surface area contributed by atoms with Gasteiger partial charge in [-0.15, -0.1) is 0 Å². The van der Waals surface area contributed by atoms with Gasteiger partial charge in [0.15, 0.2) is 4.77 Å². The van der Waals surface area contributed by atoms with E-state index in [9.17, 15) is 4.79 Å². The van der Waals surface area contributed by atoms with Crippen LogP contribution in [0.25, 0.3) is 0 Å². The molecule has 1 fully saturated rings. The molecule has 1 aromatic heterocycles. The summed E-state index contributed by atoms with van der Waals surface area (Å²) >= 11 is 5.20. The molecule has 0 aliphatic heterocycles. The molecular weight excluding hydrogens is 220 g/mol. The Hall–Kier alpha value is -0.900. The molecule has 0 saturated heterocycles. The Bertz CT molecular complexity index is 463. The van der Waals surface area contributed by atoms with Gasteiger partial charge in [0.25, 0.3) is 5.56 Å². The summed E-state index contributed by atoms with van der Waals surface area (Å²) in [5, 5.41) is 0. The van der Waals surface area contributed by atoms with Crippen molar-refractivity contribution in [2.24, 2.45) is 5.92 Å². The second-order valence-electron chi connectivity index (χ2n) is 4.61. The molecule has 88 valence electrons. The van der Waals surface area contributed by atoms with Crippen molar-refractivity contribution in [3.63, 3.8) is 0 Å². The number of hydrogen-bond donors (Lipinski definition) is 1. The molecule has 16 heavy (non-hydrogen) atoms. The molecule has 2 atom stereocenters. The molecule has 2 rings (SSSR count). The predicted octanol–water partition coefficient (Wildman–Crippen LogP) is 3.05. The van der Waals surface area contributed by atoms with Crippen molar-refractivity contribution in [2.75, 3.05) is 0 Å². The third-order valence-electron chi connectivity index (χ3n) is 3.58. The van der Waals surface area contributed by atoms with Crippen LogP contribution in [-0.4, -0.2) is 9.55 Å². The lowest BCUT2D eigenvalue weighted by atomic mass is 9.84. The third-order valence-corrected chi connectivity index (χ3v) is 3.89. The average molecular weight is 238 g/mol. The molecule has 1 aliphatic rings. The van der Waals surface area contributed by atoms with E-state index in [-0.39, 0.29) is 5.56 Å². The van der Waals surface area contributed by atoms with Crippen LogP contribution in [0.15, 0.2) is 17.1 Å². The summed E-state index contributed by atoms with van der Waals surface area (Å²) in [5.41, 5.74) is -0.107. The summed E-state index contributed by atoms with van der Waals surface area (Å²) < 4.78 is 2.62. The summed E-state index contributed by atoms with van der Waals surface area (Å²) in [5.74, 6) is 0.813. The number of rotatable bonds is 2. The fourth-order valence-corrected chi connectivity index (χ4v) is 2.91. The Balaban J connectivity index is 2.23. The molecule has 0 bridgehead atoms. The highest BCUT2D eigenvalue weighted by Crippen LogP contribution is 2.33. The van der Waals surface area contributed by atoms with Crippen molar-refractivity contribution >= 4 is 12.2 Å². The summed E-state index contributed by atoms with van der Waals surface area (Å²) in [6, 6.07) is 2.04. The number of nitrogens with zero attached hydrogens (tertiary/aromatic N) is 1. The molecule has 0 aromatic carbocycles. The third kappa shape index (κ3) is 2.43. The van der Waals surface area contributed by atoms with Gasteiger partial charge in [0, 0.05) is 18.3 Å². The van der Waals surface area contributed by atoms with Gasteiger partial charge in [0.2, 0.25) is 0 Å². The van der Waals surface area contributed by atoms with Crippen molar-refractivity contribution in [2.45, 2.75) is 45.1 Å². The van der Waals surface area contributed by atoms with E-state index in [0.29, 0.717) is 10.8 Å². The van der Waals surface area contributed by atoms with E-state index >= 15 is 0 Å². The number of nitrogens with one attached hydrogen (secondary N) is 1. The SMILES string of the molecule is CCC1CCCC(n2ccc(=O)[nH]c2=S)C1. The van der Waals surface area contributed by atoms with Crippen molar-refractivity contribution in [1.29, 1.82) is 0 Å². The van der Waals surface area contributed by atoms with Gasteiger partial charge in [-0.25, -0.2) is 0 Å². The Morgan fingerprint density at radius 3 is 3.06 bits per heavy atom. The smallest absolute Gasteiger partial charge is 0.251 e. The minimum absolute atomic E-state index is 0.107. The zero-order chi connectivity index (χ0) is 11.5. The monoisotopic (exact) mass is 238 g/mol. The second-order valence-corrected chi connectivity index (χ2v) is 5.00. The van der Waals surface area contributed by atoms with Crippen molar-refractivity contribution in [3.8, 4) is 0 Å². The zero-order valence-electron chi connectivity index (χ0n) is 9.61. The summed E-state index contributed by atoms with van der Waals surface area (Å²) in [6.45, 7) is 2.25. The Morgan fingerprint density at radius 1 is 1.56 bits per heavy atom. The van der Waals surface area contributed by atoms with Crippen LogP contribution in [0.4, 0.5) is 0 Å². The van der Waals surface area contributed by atoms with E-state index < -0.39 is 0 Å². The van der Waals surface area contributed by atoms with Crippen LogP contribution in [0.5, 0.6) is 0 Å². The van der Waals surface area contributed by atoms with Crippen LogP contribution in [0.3, 0.4) is 0 Å². The van der Waals surface area contributed by atoms with Gasteiger partial charge in [-0.1, -0.05) is 26.2 Å². The van der Waals surface area contributed by atoms with Gasteiger partial charge in [-0.05, 0) is 31.0 Å². The lowest BCUT2D eigenvalue weighted by Gasteiger charge is -2.30. The average Bonchev–Trinajstić information content (AvgIpc) is 2.29. The first-order valence-corrected chi connectivity index (χ1v) is 6.43. The topological polar surface area (TPSA) is 37.8 Å². The predicted molar refractivity (Wildman–Crippen MR) is 67.2 cm³/mol. The first-order chi connectivity index (χ1) is 7.70. The molecular formula is C12H18N2OS. The number of hydrogen-bond acceptors (Lipinski definition) is 2. The quantitative estimate of drug-likeness (QED) is 0.804. The van der Waals surface area contributed by atoms with Gasteiger partial charge in [-0.3, -0.25) is 9.78 Å². The molecule has 4 heteroatoms. The highest BCUT2D eigenvalue weighted by molar-refractivity contribution is 7.71.